The minimum Gasteiger partial charge on any atom is -0.274 e. The lowest BCUT2D eigenvalue weighted by Crippen LogP contribution is -2.31. The molecule has 2 amide bonds. The van der Waals surface area contributed by atoms with Crippen molar-refractivity contribution >= 4 is 40.7 Å². The summed E-state index contributed by atoms with van der Waals surface area (Å²) in [6.45, 7) is 2.13. The van der Waals surface area contributed by atoms with Crippen molar-refractivity contribution in [1.82, 2.24) is 0 Å². The highest BCUT2D eigenvalue weighted by atomic mass is 35.5. The lowest BCUT2D eigenvalue weighted by molar-refractivity contribution is -0.122. The number of imide groups is 1. The van der Waals surface area contributed by atoms with Gasteiger partial charge in [0.2, 0.25) is 11.8 Å². The first-order valence-electron chi connectivity index (χ1n) is 6.82. The summed E-state index contributed by atoms with van der Waals surface area (Å²) in [5, 5.41) is 0.844. The molecule has 3 atom stereocenters. The highest BCUT2D eigenvalue weighted by Gasteiger charge is 2.50. The van der Waals surface area contributed by atoms with E-state index >= 15 is 0 Å². The average molecular weight is 312 g/mol. The molecular formula is C15H15Cl2NO2. The van der Waals surface area contributed by atoms with Gasteiger partial charge in [-0.15, -0.1) is 0 Å². The molecule has 1 saturated heterocycles. The number of fused-ring (bicyclic) bond motifs is 1. The van der Waals surface area contributed by atoms with Crippen LogP contribution in [0.4, 0.5) is 5.69 Å². The van der Waals surface area contributed by atoms with E-state index < -0.39 is 0 Å². The molecule has 2 aliphatic rings. The predicted molar refractivity (Wildman–Crippen MR) is 79.0 cm³/mol. The summed E-state index contributed by atoms with van der Waals surface area (Å²) in [5.41, 5.74) is 0.413. The number of halogens is 2. The summed E-state index contributed by atoms with van der Waals surface area (Å²) in [5.74, 6) is -0.149. The zero-order chi connectivity index (χ0) is 14.4. The van der Waals surface area contributed by atoms with Crippen LogP contribution in [0, 0.1) is 17.8 Å². The predicted octanol–water partition coefficient (Wildman–Crippen LogP) is 3.92. The van der Waals surface area contributed by atoms with Crippen LogP contribution in [0.3, 0.4) is 0 Å². The molecule has 0 unspecified atom stereocenters. The largest absolute Gasteiger partial charge is 0.274 e. The Hall–Kier alpha value is -1.06. The van der Waals surface area contributed by atoms with E-state index in [2.05, 4.69) is 6.92 Å². The average Bonchev–Trinajstić information content (AvgIpc) is 2.65. The molecule has 0 radical (unpaired) electrons. The lowest BCUT2D eigenvalue weighted by Gasteiger charge is -2.25. The van der Waals surface area contributed by atoms with E-state index in [9.17, 15) is 9.59 Å². The molecule has 1 aliphatic carbocycles. The van der Waals surface area contributed by atoms with E-state index in [0.717, 1.165) is 19.3 Å². The first-order chi connectivity index (χ1) is 9.49. The Morgan fingerprint density at radius 2 is 1.80 bits per heavy atom. The number of carbonyl (C=O) groups excluding carboxylic acids is 2. The number of carbonyl (C=O) groups is 2. The SMILES string of the molecule is C[C@@H]1CC[C@@H]2C(=O)N(c3cc(Cl)ccc3Cl)C(=O)[C@@H]2C1. The van der Waals surface area contributed by atoms with E-state index in [1.807, 2.05) is 0 Å². The van der Waals surface area contributed by atoms with E-state index in [4.69, 9.17) is 23.2 Å². The molecule has 1 aromatic rings. The highest BCUT2D eigenvalue weighted by molar-refractivity contribution is 6.37. The maximum Gasteiger partial charge on any atom is 0.237 e. The Morgan fingerprint density at radius 3 is 2.55 bits per heavy atom. The molecule has 20 heavy (non-hydrogen) atoms. The van der Waals surface area contributed by atoms with Crippen molar-refractivity contribution in [3.63, 3.8) is 0 Å². The molecule has 0 aromatic heterocycles. The van der Waals surface area contributed by atoms with E-state index in [1.54, 1.807) is 18.2 Å². The minimum atomic E-state index is -0.193. The third-order valence-electron chi connectivity index (χ3n) is 4.34. The molecule has 106 valence electrons. The molecule has 3 rings (SSSR count). The second-order valence-corrected chi connectivity index (χ2v) is 6.58. The number of rotatable bonds is 1. The standard InChI is InChI=1S/C15H15Cl2NO2/c1-8-2-4-10-11(6-8)15(20)18(14(10)19)13-7-9(16)3-5-12(13)17/h3,5,7-8,10-11H,2,4,6H2,1H3/t8-,10+,11-/m1/s1. The van der Waals surface area contributed by atoms with Crippen molar-refractivity contribution in [1.29, 1.82) is 0 Å². The third kappa shape index (κ3) is 2.13. The van der Waals surface area contributed by atoms with Crippen LogP contribution in [0.2, 0.25) is 10.0 Å². The first-order valence-corrected chi connectivity index (χ1v) is 7.57. The van der Waals surface area contributed by atoms with Crippen LogP contribution in [-0.4, -0.2) is 11.8 Å². The second kappa shape index (κ2) is 5.05. The monoisotopic (exact) mass is 311 g/mol. The molecular weight excluding hydrogens is 297 g/mol. The van der Waals surface area contributed by atoms with Gasteiger partial charge in [-0.25, -0.2) is 4.90 Å². The fraction of sp³-hybridized carbons (Fsp3) is 0.467. The van der Waals surface area contributed by atoms with Gasteiger partial charge in [-0.05, 0) is 43.4 Å². The number of hydrogen-bond acceptors (Lipinski definition) is 2. The van der Waals surface area contributed by atoms with Crippen molar-refractivity contribution in [2.24, 2.45) is 17.8 Å². The number of benzene rings is 1. The van der Waals surface area contributed by atoms with E-state index in [0.29, 0.717) is 21.7 Å². The van der Waals surface area contributed by atoms with Crippen molar-refractivity contribution in [2.45, 2.75) is 26.2 Å². The molecule has 0 N–H and O–H groups in total. The van der Waals surface area contributed by atoms with Crippen LogP contribution in [0.25, 0.3) is 0 Å². The van der Waals surface area contributed by atoms with Crippen LogP contribution >= 0.6 is 23.2 Å². The fourth-order valence-corrected chi connectivity index (χ4v) is 3.65. The van der Waals surface area contributed by atoms with Crippen LogP contribution < -0.4 is 4.90 Å². The Balaban J connectivity index is 2.00. The Morgan fingerprint density at radius 1 is 1.10 bits per heavy atom. The molecule has 3 nitrogen and oxygen atoms in total. The third-order valence-corrected chi connectivity index (χ3v) is 4.89. The van der Waals surface area contributed by atoms with Gasteiger partial charge >= 0.3 is 0 Å². The summed E-state index contributed by atoms with van der Waals surface area (Å²) in [4.78, 5) is 26.3. The van der Waals surface area contributed by atoms with Gasteiger partial charge < -0.3 is 0 Å². The number of amides is 2. The van der Waals surface area contributed by atoms with Crippen molar-refractivity contribution in [3.05, 3.63) is 28.2 Å². The first kappa shape index (κ1) is 13.9. The number of anilines is 1. The fourth-order valence-electron chi connectivity index (χ4n) is 3.28. The highest BCUT2D eigenvalue weighted by Crippen LogP contribution is 2.43. The van der Waals surface area contributed by atoms with Gasteiger partial charge in [-0.1, -0.05) is 30.1 Å². The summed E-state index contributed by atoms with van der Waals surface area (Å²) in [7, 11) is 0. The minimum absolute atomic E-state index is 0.129. The molecule has 5 heteroatoms. The van der Waals surface area contributed by atoms with Crippen LogP contribution in [0.15, 0.2) is 18.2 Å². The smallest absolute Gasteiger partial charge is 0.237 e. The van der Waals surface area contributed by atoms with Gasteiger partial charge in [0.25, 0.3) is 0 Å². The summed E-state index contributed by atoms with van der Waals surface area (Å²) in [6, 6.07) is 4.85. The molecule has 1 saturated carbocycles. The molecule has 2 fully saturated rings. The second-order valence-electron chi connectivity index (χ2n) is 5.74. The normalized spacial score (nSPS) is 29.8. The Kier molecular flexibility index (Phi) is 3.51. The zero-order valence-corrected chi connectivity index (χ0v) is 12.6. The maximum absolute atomic E-state index is 12.6. The number of hydrogen-bond donors (Lipinski definition) is 0. The number of nitrogens with zero attached hydrogens (tertiary/aromatic N) is 1. The van der Waals surface area contributed by atoms with Crippen molar-refractivity contribution in [2.75, 3.05) is 4.90 Å². The van der Waals surface area contributed by atoms with Crippen molar-refractivity contribution < 1.29 is 9.59 Å². The topological polar surface area (TPSA) is 37.4 Å². The van der Waals surface area contributed by atoms with Crippen LogP contribution in [0.1, 0.15) is 26.2 Å². The lowest BCUT2D eigenvalue weighted by atomic mass is 9.76. The maximum atomic E-state index is 12.6. The summed E-state index contributed by atoms with van der Waals surface area (Å²) >= 11 is 12.1. The van der Waals surface area contributed by atoms with Gasteiger partial charge in [-0.2, -0.15) is 0 Å². The van der Waals surface area contributed by atoms with Crippen LogP contribution in [-0.2, 0) is 9.59 Å². The molecule has 0 spiro atoms. The molecule has 1 heterocycles. The summed E-state index contributed by atoms with van der Waals surface area (Å²) < 4.78 is 0. The molecule has 0 bridgehead atoms. The molecule has 1 aromatic carbocycles. The Labute approximate surface area is 127 Å². The van der Waals surface area contributed by atoms with E-state index in [1.165, 1.54) is 4.90 Å². The van der Waals surface area contributed by atoms with Gasteiger partial charge in [0.05, 0.1) is 22.5 Å². The molecule has 1 aliphatic heterocycles. The van der Waals surface area contributed by atoms with Gasteiger partial charge in [0.1, 0.15) is 0 Å². The summed E-state index contributed by atoms with van der Waals surface area (Å²) in [6.07, 6.45) is 2.56. The van der Waals surface area contributed by atoms with Gasteiger partial charge in [-0.3, -0.25) is 9.59 Å². The Bertz CT molecular complexity index is 587. The quantitative estimate of drug-likeness (QED) is 0.737. The van der Waals surface area contributed by atoms with Gasteiger partial charge in [0, 0.05) is 5.02 Å². The zero-order valence-electron chi connectivity index (χ0n) is 11.1. The van der Waals surface area contributed by atoms with Crippen LogP contribution in [0.5, 0.6) is 0 Å². The van der Waals surface area contributed by atoms with E-state index in [-0.39, 0.29) is 23.7 Å². The van der Waals surface area contributed by atoms with Gasteiger partial charge in [0.15, 0.2) is 0 Å². The van der Waals surface area contributed by atoms with Crippen molar-refractivity contribution in [3.8, 4) is 0 Å².